The highest BCUT2D eigenvalue weighted by Gasteiger charge is 2.43. The van der Waals surface area contributed by atoms with Crippen molar-refractivity contribution >= 4 is 0 Å². The van der Waals surface area contributed by atoms with Crippen LogP contribution < -0.4 is 5.32 Å². The molecule has 2 bridgehead atoms. The Morgan fingerprint density at radius 1 is 1.22 bits per heavy atom. The molecule has 0 saturated heterocycles. The SMILES string of the molecule is CCC(CC)(OC)C(CC1CC2CCC1C2)NC. The number of fused-ring (bicyclic) bond motifs is 2. The number of rotatable bonds is 7. The molecular formula is C16H31NO. The lowest BCUT2D eigenvalue weighted by Crippen LogP contribution is -2.51. The van der Waals surface area contributed by atoms with Crippen LogP contribution in [0.25, 0.3) is 0 Å². The first-order valence-corrected chi connectivity index (χ1v) is 7.91. The molecule has 0 aromatic rings. The van der Waals surface area contributed by atoms with E-state index in [9.17, 15) is 0 Å². The van der Waals surface area contributed by atoms with Crippen LogP contribution in [0.1, 0.15) is 58.8 Å². The number of hydrogen-bond acceptors (Lipinski definition) is 2. The zero-order chi connectivity index (χ0) is 13.2. The van der Waals surface area contributed by atoms with Crippen molar-refractivity contribution in [2.45, 2.75) is 70.4 Å². The first-order valence-electron chi connectivity index (χ1n) is 7.91. The zero-order valence-corrected chi connectivity index (χ0v) is 12.7. The van der Waals surface area contributed by atoms with E-state index >= 15 is 0 Å². The highest BCUT2D eigenvalue weighted by atomic mass is 16.5. The average molecular weight is 253 g/mol. The minimum absolute atomic E-state index is 0.0383. The average Bonchev–Trinajstić information content (AvgIpc) is 3.02. The summed E-state index contributed by atoms with van der Waals surface area (Å²) in [6.45, 7) is 4.52. The number of ether oxygens (including phenoxy) is 1. The minimum atomic E-state index is 0.0383. The quantitative estimate of drug-likeness (QED) is 0.748. The van der Waals surface area contributed by atoms with Crippen LogP contribution in [0, 0.1) is 17.8 Å². The van der Waals surface area contributed by atoms with Gasteiger partial charge in [-0.2, -0.15) is 0 Å². The maximum atomic E-state index is 5.92. The van der Waals surface area contributed by atoms with E-state index in [2.05, 4.69) is 26.2 Å². The molecule has 2 rings (SSSR count). The van der Waals surface area contributed by atoms with Crippen LogP contribution in [0.5, 0.6) is 0 Å². The smallest absolute Gasteiger partial charge is 0.0825 e. The fourth-order valence-corrected chi connectivity index (χ4v) is 4.74. The summed E-state index contributed by atoms with van der Waals surface area (Å²) in [4.78, 5) is 0. The van der Waals surface area contributed by atoms with Crippen molar-refractivity contribution in [3.63, 3.8) is 0 Å². The van der Waals surface area contributed by atoms with Crippen LogP contribution in [0.4, 0.5) is 0 Å². The van der Waals surface area contributed by atoms with Crippen molar-refractivity contribution in [3.05, 3.63) is 0 Å². The molecule has 18 heavy (non-hydrogen) atoms. The van der Waals surface area contributed by atoms with Crippen molar-refractivity contribution < 1.29 is 4.74 Å². The lowest BCUT2D eigenvalue weighted by Gasteiger charge is -2.40. The molecule has 0 aromatic carbocycles. The van der Waals surface area contributed by atoms with Gasteiger partial charge in [-0.15, -0.1) is 0 Å². The molecule has 0 heterocycles. The van der Waals surface area contributed by atoms with Crippen LogP contribution in [0.2, 0.25) is 0 Å². The molecular weight excluding hydrogens is 222 g/mol. The summed E-state index contributed by atoms with van der Waals surface area (Å²) >= 11 is 0. The van der Waals surface area contributed by atoms with Gasteiger partial charge in [-0.25, -0.2) is 0 Å². The highest BCUT2D eigenvalue weighted by Crippen LogP contribution is 2.50. The third-order valence-corrected chi connectivity index (χ3v) is 6.01. The molecule has 0 aromatic heterocycles. The molecule has 4 unspecified atom stereocenters. The topological polar surface area (TPSA) is 21.3 Å². The second kappa shape index (κ2) is 5.92. The summed E-state index contributed by atoms with van der Waals surface area (Å²) in [5.41, 5.74) is 0.0383. The fourth-order valence-electron chi connectivity index (χ4n) is 4.74. The zero-order valence-electron chi connectivity index (χ0n) is 12.7. The summed E-state index contributed by atoms with van der Waals surface area (Å²) in [5, 5.41) is 3.56. The Labute approximate surface area is 113 Å². The number of likely N-dealkylation sites (N-methyl/N-ethyl adjacent to an activating group) is 1. The standard InChI is InChI=1S/C16H31NO/c1-5-16(6-2,18-4)15(17-3)11-14-10-12-7-8-13(14)9-12/h12-15,17H,5-11H2,1-4H3. The van der Waals surface area contributed by atoms with Gasteiger partial charge in [-0.3, -0.25) is 0 Å². The normalized spacial score (nSPS) is 33.0. The van der Waals surface area contributed by atoms with Gasteiger partial charge in [-0.1, -0.05) is 20.3 Å². The number of methoxy groups -OCH3 is 1. The molecule has 0 aliphatic heterocycles. The Bertz CT molecular complexity index is 254. The Kier molecular flexibility index (Phi) is 4.71. The first kappa shape index (κ1) is 14.3. The van der Waals surface area contributed by atoms with E-state index in [-0.39, 0.29) is 5.60 Å². The van der Waals surface area contributed by atoms with Gasteiger partial charge in [0.1, 0.15) is 0 Å². The monoisotopic (exact) mass is 253 g/mol. The van der Waals surface area contributed by atoms with Gasteiger partial charge in [0.05, 0.1) is 5.60 Å². The van der Waals surface area contributed by atoms with Gasteiger partial charge in [0, 0.05) is 13.2 Å². The fraction of sp³-hybridized carbons (Fsp3) is 1.00. The maximum Gasteiger partial charge on any atom is 0.0825 e. The molecule has 4 atom stereocenters. The molecule has 2 aliphatic rings. The van der Waals surface area contributed by atoms with Crippen molar-refractivity contribution in [3.8, 4) is 0 Å². The summed E-state index contributed by atoms with van der Waals surface area (Å²) in [6, 6.07) is 0.516. The van der Waals surface area contributed by atoms with Crippen molar-refractivity contribution in [2.24, 2.45) is 17.8 Å². The second-order valence-corrected chi connectivity index (χ2v) is 6.49. The van der Waals surface area contributed by atoms with E-state index < -0.39 is 0 Å². The van der Waals surface area contributed by atoms with Crippen LogP contribution >= 0.6 is 0 Å². The Balaban J connectivity index is 2.00. The summed E-state index contributed by atoms with van der Waals surface area (Å²) < 4.78 is 5.92. The third-order valence-electron chi connectivity index (χ3n) is 6.01. The number of nitrogens with one attached hydrogen (secondary N) is 1. The summed E-state index contributed by atoms with van der Waals surface area (Å²) in [5.74, 6) is 3.03. The minimum Gasteiger partial charge on any atom is -0.377 e. The third kappa shape index (κ3) is 2.46. The van der Waals surface area contributed by atoms with Crippen molar-refractivity contribution in [2.75, 3.05) is 14.2 Å². The maximum absolute atomic E-state index is 5.92. The number of hydrogen-bond donors (Lipinski definition) is 1. The Morgan fingerprint density at radius 2 is 1.94 bits per heavy atom. The molecule has 0 radical (unpaired) electrons. The molecule has 106 valence electrons. The van der Waals surface area contributed by atoms with Gasteiger partial charge < -0.3 is 10.1 Å². The molecule has 2 nitrogen and oxygen atoms in total. The van der Waals surface area contributed by atoms with Crippen molar-refractivity contribution in [1.29, 1.82) is 0 Å². The summed E-state index contributed by atoms with van der Waals surface area (Å²) in [7, 11) is 4.00. The predicted molar refractivity (Wildman–Crippen MR) is 76.7 cm³/mol. The van der Waals surface area contributed by atoms with Gasteiger partial charge in [0.2, 0.25) is 0 Å². The lowest BCUT2D eigenvalue weighted by molar-refractivity contribution is -0.0529. The Hall–Kier alpha value is -0.0800. The van der Waals surface area contributed by atoms with Gasteiger partial charge in [0.25, 0.3) is 0 Å². The predicted octanol–water partition coefficient (Wildman–Crippen LogP) is 3.61. The molecule has 1 N–H and O–H groups in total. The molecule has 2 fully saturated rings. The Morgan fingerprint density at radius 3 is 2.33 bits per heavy atom. The van der Waals surface area contributed by atoms with Crippen molar-refractivity contribution in [1.82, 2.24) is 5.32 Å². The molecule has 2 saturated carbocycles. The van der Waals surface area contributed by atoms with Gasteiger partial charge in [0.15, 0.2) is 0 Å². The lowest BCUT2D eigenvalue weighted by atomic mass is 9.77. The van der Waals surface area contributed by atoms with Crippen LogP contribution in [-0.4, -0.2) is 25.8 Å². The van der Waals surface area contributed by atoms with E-state index in [1.165, 1.54) is 32.1 Å². The highest BCUT2D eigenvalue weighted by molar-refractivity contribution is 4.97. The molecule has 0 spiro atoms. The van der Waals surface area contributed by atoms with E-state index in [1.807, 2.05) is 7.11 Å². The first-order chi connectivity index (χ1) is 8.69. The van der Waals surface area contributed by atoms with E-state index in [4.69, 9.17) is 4.74 Å². The van der Waals surface area contributed by atoms with E-state index in [0.29, 0.717) is 6.04 Å². The van der Waals surface area contributed by atoms with E-state index in [0.717, 1.165) is 30.6 Å². The molecule has 0 amide bonds. The molecule has 2 heteroatoms. The second-order valence-electron chi connectivity index (χ2n) is 6.49. The van der Waals surface area contributed by atoms with Crippen LogP contribution in [-0.2, 0) is 4.74 Å². The molecule has 2 aliphatic carbocycles. The van der Waals surface area contributed by atoms with Crippen LogP contribution in [0.3, 0.4) is 0 Å². The van der Waals surface area contributed by atoms with Gasteiger partial charge >= 0.3 is 0 Å². The van der Waals surface area contributed by atoms with E-state index in [1.54, 1.807) is 0 Å². The van der Waals surface area contributed by atoms with Crippen LogP contribution in [0.15, 0.2) is 0 Å². The summed E-state index contributed by atoms with van der Waals surface area (Å²) in [6.07, 6.45) is 9.51. The largest absolute Gasteiger partial charge is 0.377 e. The van der Waals surface area contributed by atoms with Gasteiger partial charge in [-0.05, 0) is 63.3 Å².